The van der Waals surface area contributed by atoms with Crippen LogP contribution in [0.5, 0.6) is 5.75 Å². The Kier molecular flexibility index (Phi) is 4.57. The van der Waals surface area contributed by atoms with Gasteiger partial charge in [-0.25, -0.2) is 0 Å². The van der Waals surface area contributed by atoms with Crippen molar-refractivity contribution in [1.82, 2.24) is 0 Å². The van der Waals surface area contributed by atoms with Crippen molar-refractivity contribution in [1.29, 1.82) is 0 Å². The SMILES string of the molecule is CC(C)Oc1cc(NCC(F)(F)F)ccc1[N+](=O)[O-]. The number of nitrogens with zero attached hydrogens (tertiary/aromatic N) is 1. The third kappa shape index (κ3) is 5.02. The summed E-state index contributed by atoms with van der Waals surface area (Å²) < 4.78 is 41.4. The molecule has 8 heteroatoms. The molecule has 1 N–H and O–H groups in total. The van der Waals surface area contributed by atoms with E-state index < -0.39 is 17.6 Å². The van der Waals surface area contributed by atoms with Crippen molar-refractivity contribution in [2.75, 3.05) is 11.9 Å². The zero-order chi connectivity index (χ0) is 14.6. The monoisotopic (exact) mass is 278 g/mol. The molecule has 0 spiro atoms. The van der Waals surface area contributed by atoms with E-state index in [-0.39, 0.29) is 23.2 Å². The molecule has 0 atom stereocenters. The highest BCUT2D eigenvalue weighted by molar-refractivity contribution is 5.58. The van der Waals surface area contributed by atoms with Crippen LogP contribution in [0.25, 0.3) is 0 Å². The predicted octanol–water partition coefficient (Wildman–Crippen LogP) is 3.36. The lowest BCUT2D eigenvalue weighted by Gasteiger charge is -2.13. The van der Waals surface area contributed by atoms with E-state index in [4.69, 9.17) is 4.74 Å². The summed E-state index contributed by atoms with van der Waals surface area (Å²) in [4.78, 5) is 10.1. The van der Waals surface area contributed by atoms with E-state index in [0.29, 0.717) is 0 Å². The van der Waals surface area contributed by atoms with Gasteiger partial charge >= 0.3 is 11.9 Å². The molecule has 0 heterocycles. The number of hydrogen-bond donors (Lipinski definition) is 1. The molecular weight excluding hydrogens is 265 g/mol. The van der Waals surface area contributed by atoms with Gasteiger partial charge in [0.05, 0.1) is 11.0 Å². The maximum absolute atomic E-state index is 12.1. The lowest BCUT2D eigenvalue weighted by molar-refractivity contribution is -0.386. The van der Waals surface area contributed by atoms with Crippen LogP contribution in [0.15, 0.2) is 18.2 Å². The Morgan fingerprint density at radius 1 is 1.42 bits per heavy atom. The van der Waals surface area contributed by atoms with E-state index in [9.17, 15) is 23.3 Å². The van der Waals surface area contributed by atoms with Crippen molar-refractivity contribution in [2.45, 2.75) is 26.1 Å². The summed E-state index contributed by atoms with van der Waals surface area (Å²) in [5.74, 6) is -0.0628. The van der Waals surface area contributed by atoms with E-state index >= 15 is 0 Å². The molecule has 1 aromatic rings. The molecule has 0 aliphatic heterocycles. The third-order valence-corrected chi connectivity index (χ3v) is 2.01. The summed E-state index contributed by atoms with van der Waals surface area (Å²) in [6, 6.07) is 3.50. The van der Waals surface area contributed by atoms with Crippen LogP contribution in [-0.4, -0.2) is 23.7 Å². The maximum Gasteiger partial charge on any atom is 0.405 e. The van der Waals surface area contributed by atoms with Gasteiger partial charge < -0.3 is 10.1 Å². The number of anilines is 1. The zero-order valence-corrected chi connectivity index (χ0v) is 10.3. The summed E-state index contributed by atoms with van der Waals surface area (Å²) in [5, 5.41) is 12.9. The van der Waals surface area contributed by atoms with Gasteiger partial charge in [-0.3, -0.25) is 10.1 Å². The van der Waals surface area contributed by atoms with Crippen molar-refractivity contribution in [3.8, 4) is 5.75 Å². The van der Waals surface area contributed by atoms with Crippen LogP contribution in [0.4, 0.5) is 24.5 Å². The quantitative estimate of drug-likeness (QED) is 0.662. The number of nitrogens with one attached hydrogen (secondary N) is 1. The van der Waals surface area contributed by atoms with Crippen LogP contribution < -0.4 is 10.1 Å². The molecule has 0 amide bonds. The van der Waals surface area contributed by atoms with Gasteiger partial charge in [-0.1, -0.05) is 0 Å². The lowest BCUT2D eigenvalue weighted by Crippen LogP contribution is -2.21. The molecular formula is C11H13F3N2O3. The molecule has 0 aromatic heterocycles. The molecule has 0 saturated carbocycles. The number of ether oxygens (including phenoxy) is 1. The first-order chi connectivity index (χ1) is 8.69. The van der Waals surface area contributed by atoms with Gasteiger partial charge in [0, 0.05) is 17.8 Å². The first-order valence-corrected chi connectivity index (χ1v) is 5.45. The Bertz CT molecular complexity index is 461. The smallest absolute Gasteiger partial charge is 0.405 e. The second kappa shape index (κ2) is 5.77. The number of rotatable bonds is 5. The first kappa shape index (κ1) is 15.1. The first-order valence-electron chi connectivity index (χ1n) is 5.45. The van der Waals surface area contributed by atoms with E-state index in [0.717, 1.165) is 6.07 Å². The molecule has 0 fully saturated rings. The molecule has 19 heavy (non-hydrogen) atoms. The summed E-state index contributed by atoms with van der Waals surface area (Å²) in [7, 11) is 0. The number of halogens is 3. The second-order valence-electron chi connectivity index (χ2n) is 4.07. The number of hydrogen-bond acceptors (Lipinski definition) is 4. The molecule has 0 unspecified atom stereocenters. The highest BCUT2D eigenvalue weighted by atomic mass is 19.4. The molecule has 5 nitrogen and oxygen atoms in total. The molecule has 1 aromatic carbocycles. The van der Waals surface area contributed by atoms with Crippen LogP contribution in [0.3, 0.4) is 0 Å². The van der Waals surface area contributed by atoms with Crippen LogP contribution in [-0.2, 0) is 0 Å². The van der Waals surface area contributed by atoms with E-state index in [1.54, 1.807) is 13.8 Å². The number of benzene rings is 1. The van der Waals surface area contributed by atoms with Crippen molar-refractivity contribution in [3.63, 3.8) is 0 Å². The maximum atomic E-state index is 12.1. The average Bonchev–Trinajstić information content (AvgIpc) is 2.24. The van der Waals surface area contributed by atoms with Gasteiger partial charge in [-0.15, -0.1) is 0 Å². The van der Waals surface area contributed by atoms with Crippen molar-refractivity contribution in [2.24, 2.45) is 0 Å². The number of nitro benzene ring substituents is 1. The normalized spacial score (nSPS) is 11.5. The predicted molar refractivity (Wildman–Crippen MR) is 63.4 cm³/mol. The topological polar surface area (TPSA) is 64.4 Å². The van der Waals surface area contributed by atoms with Gasteiger partial charge in [-0.2, -0.15) is 13.2 Å². The van der Waals surface area contributed by atoms with Crippen LogP contribution in [0.1, 0.15) is 13.8 Å². The Balaban J connectivity index is 2.94. The van der Waals surface area contributed by atoms with E-state index in [2.05, 4.69) is 5.32 Å². The molecule has 0 bridgehead atoms. The van der Waals surface area contributed by atoms with Crippen LogP contribution >= 0.6 is 0 Å². The van der Waals surface area contributed by atoms with E-state index in [1.807, 2.05) is 0 Å². The Morgan fingerprint density at radius 2 is 2.05 bits per heavy atom. The van der Waals surface area contributed by atoms with Crippen LogP contribution in [0, 0.1) is 10.1 Å². The highest BCUT2D eigenvalue weighted by Crippen LogP contribution is 2.31. The number of alkyl halides is 3. The molecule has 0 saturated heterocycles. The largest absolute Gasteiger partial charge is 0.484 e. The minimum atomic E-state index is -4.36. The van der Waals surface area contributed by atoms with Crippen molar-refractivity contribution in [3.05, 3.63) is 28.3 Å². The summed E-state index contributed by atoms with van der Waals surface area (Å²) >= 11 is 0. The summed E-state index contributed by atoms with van der Waals surface area (Å²) in [6.45, 7) is 2.12. The van der Waals surface area contributed by atoms with Gasteiger partial charge in [0.15, 0.2) is 5.75 Å². The number of nitro groups is 1. The van der Waals surface area contributed by atoms with Crippen molar-refractivity contribution < 1.29 is 22.8 Å². The second-order valence-corrected chi connectivity index (χ2v) is 4.07. The standard InChI is InChI=1S/C11H13F3N2O3/c1-7(2)19-10-5-8(15-6-11(12,13)14)3-4-9(10)16(17)18/h3-5,7,15H,6H2,1-2H3. The fourth-order valence-electron chi connectivity index (χ4n) is 1.33. The Morgan fingerprint density at radius 3 is 2.53 bits per heavy atom. The highest BCUT2D eigenvalue weighted by Gasteiger charge is 2.27. The average molecular weight is 278 g/mol. The minimum absolute atomic E-state index is 0.0628. The minimum Gasteiger partial charge on any atom is -0.484 e. The fraction of sp³-hybridized carbons (Fsp3) is 0.455. The van der Waals surface area contributed by atoms with Gasteiger partial charge in [-0.05, 0) is 19.9 Å². The molecule has 0 aliphatic rings. The van der Waals surface area contributed by atoms with Gasteiger partial charge in [0.1, 0.15) is 6.54 Å². The third-order valence-electron chi connectivity index (χ3n) is 2.01. The van der Waals surface area contributed by atoms with Gasteiger partial charge in [0.2, 0.25) is 0 Å². The Labute approximate surface area is 107 Å². The summed E-state index contributed by atoms with van der Waals surface area (Å²) in [6.07, 6.45) is -4.68. The zero-order valence-electron chi connectivity index (χ0n) is 10.3. The summed E-state index contributed by atoms with van der Waals surface area (Å²) in [5.41, 5.74) is -0.176. The molecule has 1 rings (SSSR count). The fourth-order valence-corrected chi connectivity index (χ4v) is 1.33. The Hall–Kier alpha value is -1.99. The molecule has 0 aliphatic carbocycles. The van der Waals surface area contributed by atoms with E-state index in [1.165, 1.54) is 12.1 Å². The molecule has 106 valence electrons. The van der Waals surface area contributed by atoms with Crippen LogP contribution in [0.2, 0.25) is 0 Å². The van der Waals surface area contributed by atoms with Gasteiger partial charge in [0.25, 0.3) is 0 Å². The lowest BCUT2D eigenvalue weighted by atomic mass is 10.2. The molecule has 0 radical (unpaired) electrons. The van der Waals surface area contributed by atoms with Crippen molar-refractivity contribution >= 4 is 11.4 Å².